The van der Waals surface area contributed by atoms with Crippen LogP contribution in [-0.4, -0.2) is 30.3 Å². The molecule has 0 spiro atoms. The van der Waals surface area contributed by atoms with Gasteiger partial charge in [-0.2, -0.15) is 0 Å². The summed E-state index contributed by atoms with van der Waals surface area (Å²) in [6.07, 6.45) is 0.415. The lowest BCUT2D eigenvalue weighted by Crippen LogP contribution is -2.44. The number of ether oxygens (including phenoxy) is 2. The van der Waals surface area contributed by atoms with Crippen molar-refractivity contribution in [2.24, 2.45) is 0 Å². The van der Waals surface area contributed by atoms with Gasteiger partial charge in [-0.05, 0) is 36.8 Å². The van der Waals surface area contributed by atoms with Crippen LogP contribution in [0.4, 0.5) is 0 Å². The molecule has 1 aliphatic rings. The van der Waals surface area contributed by atoms with Gasteiger partial charge in [0.15, 0.2) is 0 Å². The second kappa shape index (κ2) is 8.20. The number of hydrogen-bond donors (Lipinski definition) is 2. The second-order valence-corrected chi connectivity index (χ2v) is 7.85. The van der Waals surface area contributed by atoms with E-state index in [1.165, 1.54) is 0 Å². The molecule has 0 aliphatic carbocycles. The molecule has 5 heteroatoms. The van der Waals surface area contributed by atoms with E-state index < -0.39 is 11.5 Å². The number of carbonyl (C=O) groups excluding carboxylic acids is 1. The van der Waals surface area contributed by atoms with Crippen molar-refractivity contribution in [3.05, 3.63) is 89.5 Å². The van der Waals surface area contributed by atoms with Gasteiger partial charge in [0.05, 0.1) is 18.6 Å². The summed E-state index contributed by atoms with van der Waals surface area (Å²) in [5, 5.41) is 13.8. The Morgan fingerprint density at radius 1 is 1.00 bits per heavy atom. The van der Waals surface area contributed by atoms with E-state index in [1.807, 2.05) is 72.8 Å². The highest BCUT2D eigenvalue weighted by Gasteiger charge is 2.33. The lowest BCUT2D eigenvalue weighted by atomic mass is 9.87. The third-order valence-electron chi connectivity index (χ3n) is 5.33. The summed E-state index contributed by atoms with van der Waals surface area (Å²) in [4.78, 5) is 13.2. The molecule has 154 valence electrons. The fourth-order valence-electron chi connectivity index (χ4n) is 3.82. The summed E-state index contributed by atoms with van der Waals surface area (Å²) in [7, 11) is 1.62. The first-order chi connectivity index (χ1) is 14.5. The van der Waals surface area contributed by atoms with E-state index in [9.17, 15) is 9.90 Å². The molecular weight excluding hydrogens is 378 g/mol. The molecule has 1 aliphatic heterocycles. The van der Waals surface area contributed by atoms with Crippen molar-refractivity contribution in [2.45, 2.75) is 24.9 Å². The number of methoxy groups -OCH3 is 1. The molecule has 1 amide bonds. The summed E-state index contributed by atoms with van der Waals surface area (Å²) in [5.41, 5.74) is 1.53. The summed E-state index contributed by atoms with van der Waals surface area (Å²) >= 11 is 0. The molecule has 0 bridgehead atoms. The molecule has 0 aromatic heterocycles. The van der Waals surface area contributed by atoms with Crippen molar-refractivity contribution in [1.29, 1.82) is 0 Å². The third-order valence-corrected chi connectivity index (χ3v) is 5.33. The Morgan fingerprint density at radius 2 is 1.57 bits per heavy atom. The van der Waals surface area contributed by atoms with Gasteiger partial charge in [-0.1, -0.05) is 48.5 Å². The van der Waals surface area contributed by atoms with E-state index in [-0.39, 0.29) is 12.5 Å². The molecule has 3 aromatic carbocycles. The maximum Gasteiger partial charge on any atom is 0.232 e. The first-order valence-corrected chi connectivity index (χ1v) is 9.95. The highest BCUT2D eigenvalue weighted by molar-refractivity contribution is 5.89. The van der Waals surface area contributed by atoms with E-state index in [1.54, 1.807) is 14.0 Å². The Hall–Kier alpha value is -3.31. The van der Waals surface area contributed by atoms with E-state index in [4.69, 9.17) is 9.47 Å². The standard InChI is InChI=1S/C25H25NO4/c1-25(28,15-17-11-13-18(29-2)14-12-17)16-26-24(27)23-19-7-3-5-9-21(19)30-22-10-6-4-8-20(22)23/h3-14,23,28H,15-16H2,1-2H3,(H,26,27). The topological polar surface area (TPSA) is 67.8 Å². The number of hydrogen-bond acceptors (Lipinski definition) is 4. The van der Waals surface area contributed by atoms with Crippen LogP contribution in [0.15, 0.2) is 72.8 Å². The minimum absolute atomic E-state index is 0.138. The number of rotatable bonds is 6. The highest BCUT2D eigenvalue weighted by atomic mass is 16.5. The van der Waals surface area contributed by atoms with Crippen LogP contribution >= 0.6 is 0 Å². The molecule has 5 nitrogen and oxygen atoms in total. The Bertz CT molecular complexity index is 998. The van der Waals surface area contributed by atoms with E-state index in [0.29, 0.717) is 17.9 Å². The maximum absolute atomic E-state index is 13.2. The SMILES string of the molecule is COc1ccc(CC(C)(O)CNC(=O)C2c3ccccc3Oc3ccccc32)cc1. The molecule has 1 atom stereocenters. The van der Waals surface area contributed by atoms with Gasteiger partial charge >= 0.3 is 0 Å². The molecule has 0 saturated heterocycles. The number of amides is 1. The first-order valence-electron chi connectivity index (χ1n) is 9.95. The average molecular weight is 403 g/mol. The van der Waals surface area contributed by atoms with E-state index >= 15 is 0 Å². The van der Waals surface area contributed by atoms with Gasteiger partial charge in [0.1, 0.15) is 17.2 Å². The highest BCUT2D eigenvalue weighted by Crippen LogP contribution is 2.43. The lowest BCUT2D eigenvalue weighted by molar-refractivity contribution is -0.123. The number of carbonyl (C=O) groups is 1. The predicted molar refractivity (Wildman–Crippen MR) is 115 cm³/mol. The molecule has 0 fully saturated rings. The monoisotopic (exact) mass is 403 g/mol. The van der Waals surface area contributed by atoms with Crippen LogP contribution < -0.4 is 14.8 Å². The van der Waals surface area contributed by atoms with Crippen molar-refractivity contribution in [2.75, 3.05) is 13.7 Å². The van der Waals surface area contributed by atoms with Crippen LogP contribution in [0.5, 0.6) is 17.2 Å². The zero-order valence-electron chi connectivity index (χ0n) is 17.1. The van der Waals surface area contributed by atoms with Gasteiger partial charge in [-0.25, -0.2) is 0 Å². The number of aliphatic hydroxyl groups is 1. The summed E-state index contributed by atoms with van der Waals surface area (Å²) in [6.45, 7) is 1.86. The van der Waals surface area contributed by atoms with Gasteiger partial charge in [0.25, 0.3) is 0 Å². The third kappa shape index (κ3) is 4.16. The first kappa shape index (κ1) is 20.0. The van der Waals surface area contributed by atoms with Crippen molar-refractivity contribution in [1.82, 2.24) is 5.32 Å². The number of benzene rings is 3. The van der Waals surface area contributed by atoms with Crippen molar-refractivity contribution in [3.63, 3.8) is 0 Å². The predicted octanol–water partition coefficient (Wildman–Crippen LogP) is 4.04. The second-order valence-electron chi connectivity index (χ2n) is 7.85. The van der Waals surface area contributed by atoms with E-state index in [0.717, 1.165) is 22.4 Å². The van der Waals surface area contributed by atoms with Gasteiger partial charge in [-0.3, -0.25) is 4.79 Å². The molecule has 30 heavy (non-hydrogen) atoms. The van der Waals surface area contributed by atoms with Crippen LogP contribution in [-0.2, 0) is 11.2 Å². The molecular formula is C25H25NO4. The minimum atomic E-state index is -1.09. The maximum atomic E-state index is 13.2. The zero-order valence-corrected chi connectivity index (χ0v) is 17.1. The van der Waals surface area contributed by atoms with Crippen LogP contribution in [0, 0.1) is 0 Å². The van der Waals surface area contributed by atoms with Crippen LogP contribution in [0.1, 0.15) is 29.5 Å². The van der Waals surface area contributed by atoms with Gasteiger partial charge in [0.2, 0.25) is 5.91 Å². The lowest BCUT2D eigenvalue weighted by Gasteiger charge is -2.29. The Balaban J connectivity index is 1.50. The number of fused-ring (bicyclic) bond motifs is 2. The normalized spacial score (nSPS) is 14.6. The molecule has 3 aromatic rings. The fourth-order valence-corrected chi connectivity index (χ4v) is 3.82. The molecule has 0 radical (unpaired) electrons. The van der Waals surface area contributed by atoms with Gasteiger partial charge in [0, 0.05) is 24.1 Å². The molecule has 1 unspecified atom stereocenters. The molecule has 4 rings (SSSR count). The van der Waals surface area contributed by atoms with Crippen LogP contribution in [0.3, 0.4) is 0 Å². The van der Waals surface area contributed by atoms with Crippen molar-refractivity contribution < 1.29 is 19.4 Å². The molecule has 2 N–H and O–H groups in total. The summed E-state index contributed by atoms with van der Waals surface area (Å²) < 4.78 is 11.1. The van der Waals surface area contributed by atoms with Crippen LogP contribution in [0.25, 0.3) is 0 Å². The number of para-hydroxylation sites is 2. The van der Waals surface area contributed by atoms with Crippen molar-refractivity contribution >= 4 is 5.91 Å². The molecule has 1 heterocycles. The summed E-state index contributed by atoms with van der Waals surface area (Å²) in [5.74, 6) is 1.49. The number of nitrogens with one attached hydrogen (secondary N) is 1. The van der Waals surface area contributed by atoms with E-state index in [2.05, 4.69) is 5.32 Å². The minimum Gasteiger partial charge on any atom is -0.497 e. The van der Waals surface area contributed by atoms with Gasteiger partial charge in [-0.15, -0.1) is 0 Å². The zero-order chi connectivity index (χ0) is 21.1. The quantitative estimate of drug-likeness (QED) is 0.652. The average Bonchev–Trinajstić information content (AvgIpc) is 2.76. The summed E-state index contributed by atoms with van der Waals surface area (Å²) in [6, 6.07) is 22.7. The van der Waals surface area contributed by atoms with Crippen molar-refractivity contribution in [3.8, 4) is 17.2 Å². The Labute approximate surface area is 176 Å². The Morgan fingerprint density at radius 3 is 2.13 bits per heavy atom. The largest absolute Gasteiger partial charge is 0.497 e. The molecule has 0 saturated carbocycles. The van der Waals surface area contributed by atoms with Crippen LogP contribution in [0.2, 0.25) is 0 Å². The Kier molecular flexibility index (Phi) is 5.46. The smallest absolute Gasteiger partial charge is 0.232 e. The van der Waals surface area contributed by atoms with Gasteiger partial charge < -0.3 is 19.9 Å². The fraction of sp³-hybridized carbons (Fsp3) is 0.240.